The van der Waals surface area contributed by atoms with E-state index in [0.29, 0.717) is 43.5 Å². The first-order chi connectivity index (χ1) is 14.5. The number of nitrogens with zero attached hydrogens (tertiary/aromatic N) is 2. The molecule has 2 aliphatic rings. The van der Waals surface area contributed by atoms with Crippen LogP contribution in [-0.4, -0.2) is 62.3 Å². The van der Waals surface area contributed by atoms with E-state index in [1.54, 1.807) is 15.9 Å². The van der Waals surface area contributed by atoms with Gasteiger partial charge < -0.3 is 24.0 Å². The van der Waals surface area contributed by atoms with E-state index in [-0.39, 0.29) is 25.0 Å². The summed E-state index contributed by atoms with van der Waals surface area (Å²) in [4.78, 5) is 29.3. The Balaban J connectivity index is 1.50. The van der Waals surface area contributed by atoms with Crippen molar-refractivity contribution in [2.75, 3.05) is 44.4 Å². The van der Waals surface area contributed by atoms with Crippen molar-refractivity contribution in [1.29, 1.82) is 0 Å². The number of hydrogen-bond acceptors (Lipinski definition) is 5. The molecule has 2 heterocycles. The number of benzene rings is 2. The Morgan fingerprint density at radius 1 is 1.10 bits per heavy atom. The van der Waals surface area contributed by atoms with Crippen molar-refractivity contribution < 1.29 is 23.8 Å². The maximum Gasteiger partial charge on any atom is 0.265 e. The molecule has 1 fully saturated rings. The molecule has 2 aromatic carbocycles. The van der Waals surface area contributed by atoms with Crippen LogP contribution in [-0.2, 0) is 14.3 Å². The molecule has 158 valence electrons. The van der Waals surface area contributed by atoms with Gasteiger partial charge in [0.25, 0.3) is 11.8 Å². The zero-order valence-electron chi connectivity index (χ0n) is 17.3. The molecule has 0 aromatic heterocycles. The molecule has 0 bridgehead atoms. The molecule has 1 atom stereocenters. The molecule has 30 heavy (non-hydrogen) atoms. The van der Waals surface area contributed by atoms with Crippen LogP contribution in [0.3, 0.4) is 0 Å². The van der Waals surface area contributed by atoms with Crippen molar-refractivity contribution in [3.8, 4) is 11.5 Å². The van der Waals surface area contributed by atoms with Gasteiger partial charge in [0.05, 0.1) is 25.4 Å². The molecular formula is C23H26N2O5. The van der Waals surface area contributed by atoms with Crippen LogP contribution in [0.1, 0.15) is 11.1 Å². The summed E-state index contributed by atoms with van der Waals surface area (Å²) in [7, 11) is 0. The molecule has 7 nitrogen and oxygen atoms in total. The number of ether oxygens (including phenoxy) is 3. The van der Waals surface area contributed by atoms with E-state index >= 15 is 0 Å². The maximum absolute atomic E-state index is 13.1. The molecule has 0 N–H and O–H groups in total. The van der Waals surface area contributed by atoms with E-state index in [1.807, 2.05) is 50.2 Å². The fourth-order valence-electron chi connectivity index (χ4n) is 3.77. The molecule has 0 radical (unpaired) electrons. The topological polar surface area (TPSA) is 68.3 Å². The van der Waals surface area contributed by atoms with Gasteiger partial charge >= 0.3 is 0 Å². The molecule has 2 aliphatic heterocycles. The van der Waals surface area contributed by atoms with E-state index in [0.717, 1.165) is 11.1 Å². The van der Waals surface area contributed by atoms with Gasteiger partial charge in [-0.15, -0.1) is 0 Å². The fourth-order valence-corrected chi connectivity index (χ4v) is 3.77. The average Bonchev–Trinajstić information content (AvgIpc) is 2.77. The van der Waals surface area contributed by atoms with Gasteiger partial charge in [-0.3, -0.25) is 9.59 Å². The third-order valence-corrected chi connectivity index (χ3v) is 5.35. The predicted molar refractivity (Wildman–Crippen MR) is 112 cm³/mol. The van der Waals surface area contributed by atoms with Crippen LogP contribution in [0.5, 0.6) is 11.5 Å². The van der Waals surface area contributed by atoms with Gasteiger partial charge in [-0.1, -0.05) is 29.8 Å². The minimum atomic E-state index is -0.747. The lowest BCUT2D eigenvalue weighted by molar-refractivity contribution is -0.142. The molecule has 0 saturated carbocycles. The van der Waals surface area contributed by atoms with Crippen molar-refractivity contribution in [3.05, 3.63) is 53.6 Å². The first kappa shape index (κ1) is 20.2. The first-order valence-corrected chi connectivity index (χ1v) is 10.2. The van der Waals surface area contributed by atoms with Crippen LogP contribution in [0.25, 0.3) is 0 Å². The van der Waals surface area contributed by atoms with Crippen molar-refractivity contribution in [3.63, 3.8) is 0 Å². The number of rotatable bonds is 4. The highest BCUT2D eigenvalue weighted by atomic mass is 16.5. The smallest absolute Gasteiger partial charge is 0.265 e. The van der Waals surface area contributed by atoms with Gasteiger partial charge in [0.1, 0.15) is 11.5 Å². The molecular weight excluding hydrogens is 384 g/mol. The van der Waals surface area contributed by atoms with Crippen molar-refractivity contribution in [2.24, 2.45) is 0 Å². The van der Waals surface area contributed by atoms with Crippen molar-refractivity contribution >= 4 is 17.5 Å². The lowest BCUT2D eigenvalue weighted by Gasteiger charge is -2.37. The minimum absolute atomic E-state index is 0.114. The Kier molecular flexibility index (Phi) is 5.90. The zero-order valence-corrected chi connectivity index (χ0v) is 17.3. The van der Waals surface area contributed by atoms with E-state index in [1.165, 1.54) is 0 Å². The monoisotopic (exact) mass is 410 g/mol. The van der Waals surface area contributed by atoms with Gasteiger partial charge in [-0.2, -0.15) is 0 Å². The number of carbonyl (C=O) groups excluding carboxylic acids is 2. The van der Waals surface area contributed by atoms with Crippen LogP contribution in [0.2, 0.25) is 0 Å². The quantitative estimate of drug-likeness (QED) is 0.774. The van der Waals surface area contributed by atoms with Crippen LogP contribution in [0.4, 0.5) is 5.69 Å². The number of fused-ring (bicyclic) bond motifs is 1. The normalized spacial score (nSPS) is 18.4. The van der Waals surface area contributed by atoms with Crippen LogP contribution in [0.15, 0.2) is 42.5 Å². The first-order valence-electron chi connectivity index (χ1n) is 10.2. The Morgan fingerprint density at radius 3 is 2.63 bits per heavy atom. The fraction of sp³-hybridized carbons (Fsp3) is 0.391. The van der Waals surface area contributed by atoms with E-state index in [9.17, 15) is 9.59 Å². The predicted octanol–water partition coefficient (Wildman–Crippen LogP) is 2.34. The lowest BCUT2D eigenvalue weighted by atomic mass is 10.1. The van der Waals surface area contributed by atoms with E-state index in [2.05, 4.69) is 0 Å². The molecule has 1 saturated heterocycles. The number of aryl methyl sites for hydroxylation is 2. The Morgan fingerprint density at radius 2 is 1.87 bits per heavy atom. The van der Waals surface area contributed by atoms with Crippen LogP contribution < -0.4 is 14.4 Å². The molecule has 2 amide bonds. The highest BCUT2D eigenvalue weighted by Crippen LogP contribution is 2.34. The second kappa shape index (κ2) is 8.75. The highest BCUT2D eigenvalue weighted by Gasteiger charge is 2.36. The van der Waals surface area contributed by atoms with Gasteiger partial charge in [0, 0.05) is 13.1 Å². The number of anilines is 1. The Hall–Kier alpha value is -3.06. The summed E-state index contributed by atoms with van der Waals surface area (Å²) in [6, 6.07) is 13.1. The SMILES string of the molecule is Cc1ccc(OCC(=O)N2CC(C(=O)N3CCOCC3)Oc3ccccc32)c(C)c1. The molecule has 0 spiro atoms. The zero-order chi connectivity index (χ0) is 21.1. The van der Waals surface area contributed by atoms with Crippen molar-refractivity contribution in [2.45, 2.75) is 20.0 Å². The minimum Gasteiger partial charge on any atom is -0.483 e. The van der Waals surface area contributed by atoms with Crippen LogP contribution >= 0.6 is 0 Å². The molecule has 7 heteroatoms. The number of morpholine rings is 1. The lowest BCUT2D eigenvalue weighted by Crippen LogP contribution is -2.54. The summed E-state index contributed by atoms with van der Waals surface area (Å²) in [5.74, 6) is 0.859. The van der Waals surface area contributed by atoms with E-state index in [4.69, 9.17) is 14.2 Å². The Bertz CT molecular complexity index is 939. The van der Waals surface area contributed by atoms with Gasteiger partial charge in [-0.25, -0.2) is 0 Å². The van der Waals surface area contributed by atoms with Crippen molar-refractivity contribution in [1.82, 2.24) is 4.90 Å². The highest BCUT2D eigenvalue weighted by molar-refractivity contribution is 5.98. The number of amides is 2. The summed E-state index contributed by atoms with van der Waals surface area (Å²) >= 11 is 0. The third-order valence-electron chi connectivity index (χ3n) is 5.35. The number of hydrogen-bond donors (Lipinski definition) is 0. The largest absolute Gasteiger partial charge is 0.483 e. The van der Waals surface area contributed by atoms with E-state index < -0.39 is 6.10 Å². The second-order valence-corrected chi connectivity index (χ2v) is 7.57. The third kappa shape index (κ3) is 4.26. The van der Waals surface area contributed by atoms with Gasteiger partial charge in [0.15, 0.2) is 12.7 Å². The summed E-state index contributed by atoms with van der Waals surface area (Å²) in [5.41, 5.74) is 2.76. The average molecular weight is 410 g/mol. The number of para-hydroxylation sites is 2. The summed E-state index contributed by atoms with van der Waals surface area (Å²) < 4.78 is 17.1. The van der Waals surface area contributed by atoms with Gasteiger partial charge in [-0.05, 0) is 37.6 Å². The summed E-state index contributed by atoms with van der Waals surface area (Å²) in [6.07, 6.45) is -0.747. The maximum atomic E-state index is 13.1. The molecule has 2 aromatic rings. The standard InChI is InChI=1S/C23H26N2O5/c1-16-7-8-19(17(2)13-16)29-15-22(26)25-14-21(23(27)24-9-11-28-12-10-24)30-20-6-4-3-5-18(20)25/h3-8,13,21H,9-12,14-15H2,1-2H3. The number of carbonyl (C=O) groups is 2. The molecule has 4 rings (SSSR count). The Labute approximate surface area is 176 Å². The summed E-state index contributed by atoms with van der Waals surface area (Å²) in [5, 5.41) is 0. The second-order valence-electron chi connectivity index (χ2n) is 7.57. The van der Waals surface area contributed by atoms with Crippen LogP contribution in [0, 0.1) is 13.8 Å². The summed E-state index contributed by atoms with van der Waals surface area (Å²) in [6.45, 7) is 6.10. The molecule has 0 aliphatic carbocycles. The van der Waals surface area contributed by atoms with Gasteiger partial charge in [0.2, 0.25) is 0 Å². The molecule has 1 unspecified atom stereocenters.